The fourth-order valence-corrected chi connectivity index (χ4v) is 1.72. The summed E-state index contributed by atoms with van der Waals surface area (Å²) in [7, 11) is 0. The summed E-state index contributed by atoms with van der Waals surface area (Å²) in [5.74, 6) is 0.423. The summed E-state index contributed by atoms with van der Waals surface area (Å²) in [5.41, 5.74) is 1.04. The molecule has 3 N–H and O–H groups in total. The summed E-state index contributed by atoms with van der Waals surface area (Å²) in [4.78, 5) is 4.25. The first kappa shape index (κ1) is 21.8. The van der Waals surface area contributed by atoms with Gasteiger partial charge in [-0.25, -0.2) is 0 Å². The van der Waals surface area contributed by atoms with Gasteiger partial charge in [0, 0.05) is 31.9 Å². The van der Waals surface area contributed by atoms with E-state index in [-0.39, 0.29) is 30.5 Å². The Morgan fingerprint density at radius 2 is 1.78 bits per heavy atom. The predicted octanol–water partition coefficient (Wildman–Crippen LogP) is 3.61. The number of hydrogen-bond donors (Lipinski definition) is 3. The Morgan fingerprint density at radius 3 is 2.39 bits per heavy atom. The molecule has 0 aromatic heterocycles. The molecule has 0 saturated heterocycles. The van der Waals surface area contributed by atoms with E-state index in [0.717, 1.165) is 18.7 Å². The lowest BCUT2D eigenvalue weighted by molar-refractivity contribution is -0.132. The Morgan fingerprint density at radius 1 is 1.09 bits per heavy atom. The summed E-state index contributed by atoms with van der Waals surface area (Å²) in [5, 5.41) is 8.87. The van der Waals surface area contributed by atoms with E-state index in [4.69, 9.17) is 0 Å². The quantitative estimate of drug-likeness (QED) is 0.249. The molecule has 0 aliphatic heterocycles. The monoisotopic (exact) mass is 444 g/mol. The molecular weight excluding hydrogens is 420 g/mol. The number of benzene rings is 1. The van der Waals surface area contributed by atoms with Crippen LogP contribution in [0.4, 0.5) is 18.9 Å². The van der Waals surface area contributed by atoms with Crippen LogP contribution in [0.1, 0.15) is 19.8 Å². The second kappa shape index (κ2) is 12.3. The Balaban J connectivity index is 0.00000484. The standard InChI is InChI=1S/C15H23F3N4.HI/c1-2-19-14(22-12-9-15(16,17)18)21-11-6-10-20-13-7-4-3-5-8-13;/h3-5,7-8,20H,2,6,9-12H2,1H3,(H2,19,21,22);1H. The third-order valence-electron chi connectivity index (χ3n) is 2.75. The van der Waals surface area contributed by atoms with Crippen LogP contribution in [0.25, 0.3) is 0 Å². The lowest BCUT2D eigenvalue weighted by Crippen LogP contribution is -2.39. The van der Waals surface area contributed by atoms with Crippen LogP contribution in [0, 0.1) is 0 Å². The molecule has 0 bridgehead atoms. The zero-order valence-corrected chi connectivity index (χ0v) is 15.4. The Hall–Kier alpha value is -1.19. The van der Waals surface area contributed by atoms with Gasteiger partial charge in [-0.3, -0.25) is 4.99 Å². The number of aliphatic imine (C=N–C) groups is 1. The van der Waals surface area contributed by atoms with Gasteiger partial charge in [-0.1, -0.05) is 18.2 Å². The topological polar surface area (TPSA) is 48.5 Å². The number of para-hydroxylation sites is 1. The van der Waals surface area contributed by atoms with Crippen molar-refractivity contribution < 1.29 is 13.2 Å². The fourth-order valence-electron chi connectivity index (χ4n) is 1.72. The smallest absolute Gasteiger partial charge is 0.385 e. The van der Waals surface area contributed by atoms with Crippen molar-refractivity contribution in [2.24, 2.45) is 4.99 Å². The number of alkyl halides is 3. The van der Waals surface area contributed by atoms with Crippen LogP contribution in [0.2, 0.25) is 0 Å². The van der Waals surface area contributed by atoms with Gasteiger partial charge < -0.3 is 16.0 Å². The minimum Gasteiger partial charge on any atom is -0.385 e. The Kier molecular flexibility index (Phi) is 11.6. The number of hydrogen-bond acceptors (Lipinski definition) is 2. The van der Waals surface area contributed by atoms with Crippen LogP contribution in [-0.4, -0.2) is 38.3 Å². The van der Waals surface area contributed by atoms with Crippen LogP contribution >= 0.6 is 24.0 Å². The van der Waals surface area contributed by atoms with Crippen LogP contribution in [0.3, 0.4) is 0 Å². The highest BCUT2D eigenvalue weighted by Gasteiger charge is 2.26. The number of nitrogens with zero attached hydrogens (tertiary/aromatic N) is 1. The molecule has 4 nitrogen and oxygen atoms in total. The van der Waals surface area contributed by atoms with Crippen molar-refractivity contribution in [2.45, 2.75) is 25.9 Å². The third kappa shape index (κ3) is 12.0. The van der Waals surface area contributed by atoms with E-state index in [2.05, 4.69) is 20.9 Å². The molecule has 0 atom stereocenters. The van der Waals surface area contributed by atoms with E-state index in [1.165, 1.54) is 0 Å². The van der Waals surface area contributed by atoms with Crippen LogP contribution in [-0.2, 0) is 0 Å². The minimum absolute atomic E-state index is 0. The molecule has 0 aliphatic carbocycles. The van der Waals surface area contributed by atoms with Gasteiger partial charge >= 0.3 is 6.18 Å². The molecule has 0 saturated carbocycles. The first-order valence-corrected chi connectivity index (χ1v) is 7.39. The van der Waals surface area contributed by atoms with Crippen LogP contribution in [0.5, 0.6) is 0 Å². The summed E-state index contributed by atoms with van der Waals surface area (Å²) >= 11 is 0. The predicted molar refractivity (Wildman–Crippen MR) is 99.6 cm³/mol. The zero-order chi connectivity index (χ0) is 16.3. The van der Waals surface area contributed by atoms with Gasteiger partial charge in [0.2, 0.25) is 0 Å². The molecule has 0 fully saturated rings. The van der Waals surface area contributed by atoms with Gasteiger partial charge in [-0.15, -0.1) is 24.0 Å². The van der Waals surface area contributed by atoms with E-state index < -0.39 is 12.6 Å². The van der Waals surface area contributed by atoms with Gasteiger partial charge in [0.1, 0.15) is 0 Å². The van der Waals surface area contributed by atoms with Crippen LogP contribution in [0.15, 0.2) is 35.3 Å². The minimum atomic E-state index is -4.15. The van der Waals surface area contributed by atoms with Gasteiger partial charge in [-0.2, -0.15) is 13.2 Å². The molecule has 0 aliphatic rings. The zero-order valence-electron chi connectivity index (χ0n) is 13.1. The number of anilines is 1. The van der Waals surface area contributed by atoms with Crippen molar-refractivity contribution >= 4 is 35.6 Å². The molecule has 0 heterocycles. The Labute approximate surface area is 152 Å². The first-order chi connectivity index (χ1) is 10.5. The molecule has 1 aromatic carbocycles. The average Bonchev–Trinajstić information content (AvgIpc) is 2.46. The van der Waals surface area contributed by atoms with Crippen molar-refractivity contribution in [3.05, 3.63) is 30.3 Å². The normalized spacial score (nSPS) is 11.6. The molecule has 0 spiro atoms. The second-order valence-corrected chi connectivity index (χ2v) is 4.70. The molecule has 8 heteroatoms. The van der Waals surface area contributed by atoms with E-state index in [9.17, 15) is 13.2 Å². The molecule has 1 aromatic rings. The summed E-state index contributed by atoms with van der Waals surface area (Å²) < 4.78 is 36.3. The third-order valence-corrected chi connectivity index (χ3v) is 2.75. The van der Waals surface area contributed by atoms with Crippen molar-refractivity contribution in [3.8, 4) is 0 Å². The van der Waals surface area contributed by atoms with E-state index in [1.54, 1.807) is 0 Å². The summed E-state index contributed by atoms with van der Waals surface area (Å²) in [6.07, 6.45) is -4.22. The van der Waals surface area contributed by atoms with E-state index >= 15 is 0 Å². The highest BCUT2D eigenvalue weighted by atomic mass is 127. The largest absolute Gasteiger partial charge is 0.390 e. The second-order valence-electron chi connectivity index (χ2n) is 4.70. The van der Waals surface area contributed by atoms with Crippen molar-refractivity contribution in [3.63, 3.8) is 0 Å². The lowest BCUT2D eigenvalue weighted by atomic mass is 10.3. The molecule has 0 amide bonds. The molecule has 132 valence electrons. The maximum atomic E-state index is 12.1. The molecule has 0 unspecified atom stereocenters. The molecule has 1 rings (SSSR count). The number of rotatable bonds is 8. The van der Waals surface area contributed by atoms with Crippen LogP contribution < -0.4 is 16.0 Å². The fraction of sp³-hybridized carbons (Fsp3) is 0.533. The lowest BCUT2D eigenvalue weighted by Gasteiger charge is -2.12. The number of halogens is 4. The number of nitrogens with one attached hydrogen (secondary N) is 3. The summed E-state index contributed by atoms with van der Waals surface area (Å²) in [6.45, 7) is 3.62. The SMILES string of the molecule is CCNC(=NCCCNc1ccccc1)NCCC(F)(F)F.I. The van der Waals surface area contributed by atoms with E-state index in [0.29, 0.717) is 19.0 Å². The van der Waals surface area contributed by atoms with Crippen molar-refractivity contribution in [1.29, 1.82) is 0 Å². The number of guanidine groups is 1. The van der Waals surface area contributed by atoms with Gasteiger partial charge in [0.05, 0.1) is 6.42 Å². The van der Waals surface area contributed by atoms with Gasteiger partial charge in [0.25, 0.3) is 0 Å². The summed E-state index contributed by atoms with van der Waals surface area (Å²) in [6, 6.07) is 9.81. The highest BCUT2D eigenvalue weighted by molar-refractivity contribution is 14.0. The maximum absolute atomic E-state index is 12.1. The highest BCUT2D eigenvalue weighted by Crippen LogP contribution is 2.17. The van der Waals surface area contributed by atoms with Crippen molar-refractivity contribution in [1.82, 2.24) is 10.6 Å². The first-order valence-electron chi connectivity index (χ1n) is 7.39. The molecular formula is C15H24F3IN4. The molecule has 0 radical (unpaired) electrons. The van der Waals surface area contributed by atoms with Crippen molar-refractivity contribution in [2.75, 3.05) is 31.5 Å². The Bertz CT molecular complexity index is 438. The van der Waals surface area contributed by atoms with Gasteiger partial charge in [-0.05, 0) is 25.5 Å². The maximum Gasteiger partial charge on any atom is 0.390 e. The van der Waals surface area contributed by atoms with E-state index in [1.807, 2.05) is 37.3 Å². The average molecular weight is 444 g/mol. The van der Waals surface area contributed by atoms with Gasteiger partial charge in [0.15, 0.2) is 5.96 Å². The molecule has 23 heavy (non-hydrogen) atoms.